The van der Waals surface area contributed by atoms with E-state index in [2.05, 4.69) is 20.7 Å². The predicted molar refractivity (Wildman–Crippen MR) is 99.2 cm³/mol. The summed E-state index contributed by atoms with van der Waals surface area (Å²) in [4.78, 5) is 23.5. The van der Waals surface area contributed by atoms with Crippen molar-refractivity contribution in [3.05, 3.63) is 68.9 Å². The van der Waals surface area contributed by atoms with Gasteiger partial charge in [-0.05, 0) is 36.4 Å². The Kier molecular flexibility index (Phi) is 7.20. The van der Waals surface area contributed by atoms with E-state index in [1.807, 2.05) is 5.32 Å². The number of amides is 1. The van der Waals surface area contributed by atoms with E-state index in [0.29, 0.717) is 4.47 Å². The molecule has 0 aliphatic heterocycles. The second-order valence-electron chi connectivity index (χ2n) is 5.32. The van der Waals surface area contributed by atoms with Gasteiger partial charge in [0, 0.05) is 16.1 Å². The van der Waals surface area contributed by atoms with E-state index in [0.717, 1.165) is 24.3 Å². The zero-order valence-corrected chi connectivity index (χ0v) is 16.2. The molecule has 2 aromatic carbocycles. The Bertz CT molecular complexity index is 932. The molecule has 0 saturated carbocycles. The summed E-state index contributed by atoms with van der Waals surface area (Å²) in [5, 5.41) is 1.65. The third-order valence-corrected chi connectivity index (χ3v) is 4.09. The lowest BCUT2D eigenvalue weighted by Gasteiger charge is -2.15. The number of carbonyl (C=O) groups excluding carboxylic acids is 2. The Hall–Kier alpha value is -2.39. The molecule has 10 heteroatoms. The average Bonchev–Trinajstić information content (AvgIpc) is 2.61. The number of anilines is 1. The SMILES string of the molecule is O=C(COC(=O)C=Cc1cc(Br)ccc1F)Nc1c(Cl)cccc1C(F)(F)F. The van der Waals surface area contributed by atoms with Crippen molar-refractivity contribution in [1.29, 1.82) is 0 Å². The van der Waals surface area contributed by atoms with Crippen LogP contribution < -0.4 is 5.32 Å². The number of hydrogen-bond donors (Lipinski definition) is 1. The van der Waals surface area contributed by atoms with Gasteiger partial charge in [-0.15, -0.1) is 0 Å². The smallest absolute Gasteiger partial charge is 0.418 e. The summed E-state index contributed by atoms with van der Waals surface area (Å²) in [6.07, 6.45) is -2.72. The summed E-state index contributed by atoms with van der Waals surface area (Å²) in [7, 11) is 0. The number of esters is 1. The molecule has 2 aromatic rings. The third-order valence-electron chi connectivity index (χ3n) is 3.29. The molecule has 0 unspecified atom stereocenters. The molecular formula is C18H11BrClF4NO3. The molecule has 2 rings (SSSR count). The van der Waals surface area contributed by atoms with Gasteiger partial charge in [-0.25, -0.2) is 9.18 Å². The molecule has 28 heavy (non-hydrogen) atoms. The van der Waals surface area contributed by atoms with E-state index < -0.39 is 41.7 Å². The molecule has 0 atom stereocenters. The molecule has 0 aromatic heterocycles. The Morgan fingerprint density at radius 1 is 1.21 bits per heavy atom. The van der Waals surface area contributed by atoms with Gasteiger partial charge in [0.15, 0.2) is 6.61 Å². The van der Waals surface area contributed by atoms with Gasteiger partial charge in [0.2, 0.25) is 0 Å². The largest absolute Gasteiger partial charge is 0.452 e. The molecule has 4 nitrogen and oxygen atoms in total. The standard InChI is InChI=1S/C18H11BrClF4NO3/c19-11-5-6-14(21)10(8-11)4-7-16(27)28-9-15(26)25-17-12(18(22,23)24)2-1-3-13(17)20/h1-8H,9H2,(H,25,26). The molecule has 0 heterocycles. The molecule has 0 spiro atoms. The highest BCUT2D eigenvalue weighted by atomic mass is 79.9. The number of benzene rings is 2. The van der Waals surface area contributed by atoms with E-state index in [1.165, 1.54) is 24.3 Å². The van der Waals surface area contributed by atoms with E-state index in [-0.39, 0.29) is 10.6 Å². The van der Waals surface area contributed by atoms with Gasteiger partial charge in [-0.2, -0.15) is 13.2 Å². The van der Waals surface area contributed by atoms with Crippen molar-refractivity contribution < 1.29 is 31.9 Å². The Labute approximate surface area is 170 Å². The summed E-state index contributed by atoms with van der Waals surface area (Å²) < 4.78 is 57.7. The first-order valence-electron chi connectivity index (χ1n) is 7.53. The topological polar surface area (TPSA) is 55.4 Å². The number of rotatable bonds is 5. The first-order valence-corrected chi connectivity index (χ1v) is 8.70. The quantitative estimate of drug-likeness (QED) is 0.351. The zero-order valence-electron chi connectivity index (χ0n) is 13.8. The van der Waals surface area contributed by atoms with Gasteiger partial charge in [0.05, 0.1) is 16.3 Å². The maximum absolute atomic E-state index is 13.6. The van der Waals surface area contributed by atoms with Crippen LogP contribution in [-0.4, -0.2) is 18.5 Å². The van der Waals surface area contributed by atoms with Gasteiger partial charge >= 0.3 is 12.1 Å². The van der Waals surface area contributed by atoms with Crippen molar-refractivity contribution in [3.63, 3.8) is 0 Å². The van der Waals surface area contributed by atoms with Crippen molar-refractivity contribution in [2.45, 2.75) is 6.18 Å². The van der Waals surface area contributed by atoms with Gasteiger partial charge in [0.25, 0.3) is 5.91 Å². The summed E-state index contributed by atoms with van der Waals surface area (Å²) in [6, 6.07) is 7.09. The molecule has 0 fully saturated rings. The van der Waals surface area contributed by atoms with Crippen molar-refractivity contribution in [1.82, 2.24) is 0 Å². The van der Waals surface area contributed by atoms with E-state index in [9.17, 15) is 27.2 Å². The monoisotopic (exact) mass is 479 g/mol. The Balaban J connectivity index is 1.99. The number of para-hydroxylation sites is 1. The van der Waals surface area contributed by atoms with Gasteiger partial charge < -0.3 is 10.1 Å². The number of nitrogens with one attached hydrogen (secondary N) is 1. The summed E-state index contributed by atoms with van der Waals surface area (Å²) in [6.45, 7) is -0.855. The molecule has 1 amide bonds. The molecule has 0 aliphatic rings. The summed E-state index contributed by atoms with van der Waals surface area (Å²) >= 11 is 8.86. The number of alkyl halides is 3. The highest BCUT2D eigenvalue weighted by molar-refractivity contribution is 9.10. The van der Waals surface area contributed by atoms with Crippen molar-refractivity contribution in [2.75, 3.05) is 11.9 Å². The molecule has 1 N–H and O–H groups in total. The fraction of sp³-hybridized carbons (Fsp3) is 0.111. The van der Waals surface area contributed by atoms with Gasteiger partial charge in [0.1, 0.15) is 5.82 Å². The van der Waals surface area contributed by atoms with Crippen LogP contribution >= 0.6 is 27.5 Å². The van der Waals surface area contributed by atoms with Crippen LogP contribution in [0.1, 0.15) is 11.1 Å². The van der Waals surface area contributed by atoms with E-state index in [1.54, 1.807) is 0 Å². The molecule has 0 bridgehead atoms. The molecule has 0 radical (unpaired) electrons. The van der Waals surface area contributed by atoms with Crippen LogP contribution in [0.3, 0.4) is 0 Å². The van der Waals surface area contributed by atoms with E-state index in [4.69, 9.17) is 11.6 Å². The van der Waals surface area contributed by atoms with Gasteiger partial charge in [-0.1, -0.05) is 33.6 Å². The van der Waals surface area contributed by atoms with Crippen LogP contribution in [-0.2, 0) is 20.5 Å². The second-order valence-corrected chi connectivity index (χ2v) is 6.64. The Morgan fingerprint density at radius 3 is 2.61 bits per heavy atom. The van der Waals surface area contributed by atoms with Crippen molar-refractivity contribution in [2.24, 2.45) is 0 Å². The maximum Gasteiger partial charge on any atom is 0.418 e. The molecule has 0 aliphatic carbocycles. The van der Waals surface area contributed by atoms with E-state index >= 15 is 0 Å². The van der Waals surface area contributed by atoms with Crippen molar-refractivity contribution in [3.8, 4) is 0 Å². The average molecular weight is 481 g/mol. The zero-order chi connectivity index (χ0) is 20.9. The lowest BCUT2D eigenvalue weighted by atomic mass is 10.1. The maximum atomic E-state index is 13.6. The van der Waals surface area contributed by atoms with Crippen molar-refractivity contribution >= 4 is 51.2 Å². The second kappa shape index (κ2) is 9.20. The predicted octanol–water partition coefficient (Wildman–Crippen LogP) is 5.46. The first kappa shape index (κ1) is 21.9. The first-order chi connectivity index (χ1) is 13.1. The minimum atomic E-state index is -4.74. The molecule has 148 valence electrons. The van der Waals surface area contributed by atoms with Crippen LogP contribution in [0.25, 0.3) is 6.08 Å². The molecular weight excluding hydrogens is 470 g/mol. The normalized spacial score (nSPS) is 11.5. The minimum Gasteiger partial charge on any atom is -0.452 e. The number of carbonyl (C=O) groups is 2. The number of hydrogen-bond acceptors (Lipinski definition) is 3. The van der Waals surface area contributed by atoms with Crippen LogP contribution in [0.4, 0.5) is 23.2 Å². The van der Waals surface area contributed by atoms with Crippen LogP contribution in [0.5, 0.6) is 0 Å². The summed E-state index contributed by atoms with van der Waals surface area (Å²) in [5.41, 5.74) is -1.67. The fourth-order valence-electron chi connectivity index (χ4n) is 2.05. The van der Waals surface area contributed by atoms with Crippen LogP contribution in [0.2, 0.25) is 5.02 Å². The van der Waals surface area contributed by atoms with Gasteiger partial charge in [-0.3, -0.25) is 4.79 Å². The van der Waals surface area contributed by atoms with Crippen LogP contribution in [0.15, 0.2) is 46.9 Å². The highest BCUT2D eigenvalue weighted by Crippen LogP contribution is 2.38. The number of halogens is 6. The number of ether oxygens (including phenoxy) is 1. The summed E-state index contributed by atoms with van der Waals surface area (Å²) in [5.74, 6) is -2.58. The minimum absolute atomic E-state index is 0.0988. The lowest BCUT2D eigenvalue weighted by Crippen LogP contribution is -2.22. The lowest BCUT2D eigenvalue weighted by molar-refractivity contribution is -0.142. The third kappa shape index (κ3) is 6.07. The highest BCUT2D eigenvalue weighted by Gasteiger charge is 2.34. The molecule has 0 saturated heterocycles. The van der Waals surface area contributed by atoms with Crippen LogP contribution in [0, 0.1) is 5.82 Å². The fourth-order valence-corrected chi connectivity index (χ4v) is 2.65. The Morgan fingerprint density at radius 2 is 1.93 bits per heavy atom.